The van der Waals surface area contributed by atoms with Crippen LogP contribution in [0.2, 0.25) is 0 Å². The van der Waals surface area contributed by atoms with E-state index in [-0.39, 0.29) is 11.9 Å². The average Bonchev–Trinajstić information content (AvgIpc) is 2.17. The van der Waals surface area contributed by atoms with E-state index in [2.05, 4.69) is 0 Å². The summed E-state index contributed by atoms with van der Waals surface area (Å²) in [5.41, 5.74) is 14.0. The standard InChI is InChI=1S/C11H14N2O/c12-10-6-2-3-7-8(10)4-1-5-9(7)11(13)14/h1,4-5,10H,2-3,6,12H2,(H2,13,14)/t10-/m1/s1. The molecular weight excluding hydrogens is 176 g/mol. The van der Waals surface area contributed by atoms with Gasteiger partial charge < -0.3 is 11.5 Å². The van der Waals surface area contributed by atoms with Crippen molar-refractivity contribution in [1.82, 2.24) is 0 Å². The Balaban J connectivity index is 2.55. The van der Waals surface area contributed by atoms with Gasteiger partial charge in [-0.2, -0.15) is 0 Å². The van der Waals surface area contributed by atoms with Crippen LogP contribution < -0.4 is 11.5 Å². The van der Waals surface area contributed by atoms with Gasteiger partial charge in [-0.3, -0.25) is 4.79 Å². The van der Waals surface area contributed by atoms with E-state index in [1.165, 1.54) is 0 Å². The Morgan fingerprint density at radius 2 is 2.21 bits per heavy atom. The highest BCUT2D eigenvalue weighted by molar-refractivity contribution is 5.94. The molecule has 0 heterocycles. The molecule has 0 saturated heterocycles. The third-order valence-corrected chi connectivity index (χ3v) is 2.82. The second-order valence-corrected chi connectivity index (χ2v) is 3.74. The predicted octanol–water partition coefficient (Wildman–Crippen LogP) is 1.12. The Bertz CT molecular complexity index is 374. The topological polar surface area (TPSA) is 69.1 Å². The zero-order valence-electron chi connectivity index (χ0n) is 7.99. The van der Waals surface area contributed by atoms with E-state index in [0.29, 0.717) is 5.56 Å². The van der Waals surface area contributed by atoms with Gasteiger partial charge in [-0.05, 0) is 36.5 Å². The summed E-state index contributed by atoms with van der Waals surface area (Å²) in [6.07, 6.45) is 2.95. The summed E-state index contributed by atoms with van der Waals surface area (Å²) in [5.74, 6) is -0.351. The largest absolute Gasteiger partial charge is 0.366 e. The van der Waals surface area contributed by atoms with Crippen LogP contribution in [0.1, 0.15) is 40.4 Å². The van der Waals surface area contributed by atoms with E-state index in [1.807, 2.05) is 12.1 Å². The molecule has 74 valence electrons. The highest BCUT2D eigenvalue weighted by atomic mass is 16.1. The first kappa shape index (κ1) is 9.21. The third-order valence-electron chi connectivity index (χ3n) is 2.82. The summed E-state index contributed by atoms with van der Waals surface area (Å²) in [4.78, 5) is 11.2. The molecule has 1 aliphatic carbocycles. The maximum absolute atomic E-state index is 11.2. The lowest BCUT2D eigenvalue weighted by molar-refractivity contribution is 0.0999. The molecule has 0 radical (unpaired) electrons. The molecule has 0 spiro atoms. The first-order valence-electron chi connectivity index (χ1n) is 4.87. The quantitative estimate of drug-likeness (QED) is 0.696. The monoisotopic (exact) mass is 190 g/mol. The van der Waals surface area contributed by atoms with E-state index in [4.69, 9.17) is 11.5 Å². The number of hydrogen-bond donors (Lipinski definition) is 2. The van der Waals surface area contributed by atoms with E-state index < -0.39 is 0 Å². The number of fused-ring (bicyclic) bond motifs is 1. The molecule has 14 heavy (non-hydrogen) atoms. The van der Waals surface area contributed by atoms with Crippen molar-refractivity contribution in [1.29, 1.82) is 0 Å². The van der Waals surface area contributed by atoms with E-state index in [1.54, 1.807) is 6.07 Å². The van der Waals surface area contributed by atoms with E-state index >= 15 is 0 Å². The zero-order chi connectivity index (χ0) is 10.1. The minimum absolute atomic E-state index is 0.0676. The fourth-order valence-electron chi connectivity index (χ4n) is 2.12. The van der Waals surface area contributed by atoms with Crippen LogP contribution in [0, 0.1) is 0 Å². The summed E-state index contributed by atoms with van der Waals surface area (Å²) in [7, 11) is 0. The van der Waals surface area contributed by atoms with Gasteiger partial charge in [0.1, 0.15) is 0 Å². The zero-order valence-corrected chi connectivity index (χ0v) is 7.99. The van der Waals surface area contributed by atoms with Gasteiger partial charge in [0, 0.05) is 11.6 Å². The van der Waals surface area contributed by atoms with Crippen LogP contribution >= 0.6 is 0 Å². The first-order valence-corrected chi connectivity index (χ1v) is 4.87. The van der Waals surface area contributed by atoms with Crippen molar-refractivity contribution in [3.63, 3.8) is 0 Å². The summed E-state index contributed by atoms with van der Waals surface area (Å²) >= 11 is 0. The Morgan fingerprint density at radius 3 is 2.93 bits per heavy atom. The SMILES string of the molecule is NC(=O)c1cccc2c1CCC[C@H]2N. The van der Waals surface area contributed by atoms with Crippen molar-refractivity contribution in [2.24, 2.45) is 11.5 Å². The van der Waals surface area contributed by atoms with Crippen molar-refractivity contribution in [3.8, 4) is 0 Å². The van der Waals surface area contributed by atoms with Crippen molar-refractivity contribution in [2.75, 3.05) is 0 Å². The molecule has 0 bridgehead atoms. The minimum atomic E-state index is -0.351. The van der Waals surface area contributed by atoms with Gasteiger partial charge in [0.25, 0.3) is 0 Å². The fourth-order valence-corrected chi connectivity index (χ4v) is 2.12. The molecule has 1 aromatic carbocycles. The molecule has 0 aromatic heterocycles. The maximum atomic E-state index is 11.2. The Kier molecular flexibility index (Phi) is 2.25. The van der Waals surface area contributed by atoms with Gasteiger partial charge in [-0.25, -0.2) is 0 Å². The molecule has 0 fully saturated rings. The minimum Gasteiger partial charge on any atom is -0.366 e. The molecule has 1 amide bonds. The second kappa shape index (κ2) is 3.42. The Hall–Kier alpha value is -1.35. The maximum Gasteiger partial charge on any atom is 0.248 e. The highest BCUT2D eigenvalue weighted by Crippen LogP contribution is 2.29. The predicted molar refractivity (Wildman–Crippen MR) is 54.8 cm³/mol. The van der Waals surface area contributed by atoms with Crippen LogP contribution in [0.25, 0.3) is 0 Å². The summed E-state index contributed by atoms with van der Waals surface area (Å²) in [6.45, 7) is 0. The molecule has 1 aromatic rings. The normalized spacial score (nSPS) is 20.2. The summed E-state index contributed by atoms with van der Waals surface area (Å²) in [6, 6.07) is 5.69. The molecule has 0 aliphatic heterocycles. The van der Waals surface area contributed by atoms with Gasteiger partial charge in [0.2, 0.25) is 5.91 Å². The molecule has 2 rings (SSSR count). The van der Waals surface area contributed by atoms with Gasteiger partial charge in [-0.1, -0.05) is 12.1 Å². The van der Waals surface area contributed by atoms with Crippen LogP contribution in [0.3, 0.4) is 0 Å². The van der Waals surface area contributed by atoms with Gasteiger partial charge in [-0.15, -0.1) is 0 Å². The van der Waals surface area contributed by atoms with E-state index in [9.17, 15) is 4.79 Å². The number of rotatable bonds is 1. The summed E-state index contributed by atoms with van der Waals surface area (Å²) < 4.78 is 0. The number of carbonyl (C=O) groups is 1. The first-order chi connectivity index (χ1) is 6.70. The lowest BCUT2D eigenvalue weighted by Crippen LogP contribution is -2.22. The molecule has 0 unspecified atom stereocenters. The molecule has 4 N–H and O–H groups in total. The molecule has 1 aliphatic rings. The smallest absolute Gasteiger partial charge is 0.248 e. The van der Waals surface area contributed by atoms with Gasteiger partial charge in [0.05, 0.1) is 0 Å². The molecule has 3 heteroatoms. The van der Waals surface area contributed by atoms with Crippen molar-refractivity contribution < 1.29 is 4.79 Å². The summed E-state index contributed by atoms with van der Waals surface area (Å²) in [5, 5.41) is 0. The van der Waals surface area contributed by atoms with Crippen LogP contribution in [0.5, 0.6) is 0 Å². The lowest BCUT2D eigenvalue weighted by atomic mass is 9.85. The molecule has 3 nitrogen and oxygen atoms in total. The van der Waals surface area contributed by atoms with Crippen molar-refractivity contribution in [2.45, 2.75) is 25.3 Å². The highest BCUT2D eigenvalue weighted by Gasteiger charge is 2.20. The Labute approximate surface area is 83.1 Å². The van der Waals surface area contributed by atoms with E-state index in [0.717, 1.165) is 30.4 Å². The average molecular weight is 190 g/mol. The number of benzene rings is 1. The number of hydrogen-bond acceptors (Lipinski definition) is 2. The molecule has 1 atom stereocenters. The lowest BCUT2D eigenvalue weighted by Gasteiger charge is -2.23. The Morgan fingerprint density at radius 1 is 1.43 bits per heavy atom. The number of nitrogens with two attached hydrogens (primary N) is 2. The molecular formula is C11H14N2O. The third kappa shape index (κ3) is 1.40. The number of amides is 1. The second-order valence-electron chi connectivity index (χ2n) is 3.74. The van der Waals surface area contributed by atoms with Crippen LogP contribution in [-0.2, 0) is 6.42 Å². The van der Waals surface area contributed by atoms with Crippen LogP contribution in [-0.4, -0.2) is 5.91 Å². The van der Waals surface area contributed by atoms with Gasteiger partial charge >= 0.3 is 0 Å². The number of carbonyl (C=O) groups excluding carboxylic acids is 1. The molecule has 0 saturated carbocycles. The van der Waals surface area contributed by atoms with Crippen LogP contribution in [0.4, 0.5) is 0 Å². The van der Waals surface area contributed by atoms with Crippen molar-refractivity contribution >= 4 is 5.91 Å². The fraction of sp³-hybridized carbons (Fsp3) is 0.364. The van der Waals surface area contributed by atoms with Gasteiger partial charge in [0.15, 0.2) is 0 Å². The van der Waals surface area contributed by atoms with Crippen molar-refractivity contribution in [3.05, 3.63) is 34.9 Å². The van der Waals surface area contributed by atoms with Crippen LogP contribution in [0.15, 0.2) is 18.2 Å². The number of primary amides is 1.